The van der Waals surface area contributed by atoms with Crippen molar-refractivity contribution in [3.05, 3.63) is 47.3 Å². The van der Waals surface area contributed by atoms with Gasteiger partial charge in [-0.1, -0.05) is 30.3 Å². The molecular formula is C13H12N2O2. The Morgan fingerprint density at radius 1 is 1.53 bits per heavy atom. The molecule has 1 unspecified atom stereocenters. The van der Waals surface area contributed by atoms with Crippen molar-refractivity contribution >= 4 is 5.97 Å². The first-order valence-electron chi connectivity index (χ1n) is 5.19. The molecule has 4 nitrogen and oxygen atoms in total. The zero-order chi connectivity index (χ0) is 12.7. The Kier molecular flexibility index (Phi) is 4.25. The summed E-state index contributed by atoms with van der Waals surface area (Å²) in [6.45, 7) is 8.87. The number of carbonyl (C=O) groups is 1. The van der Waals surface area contributed by atoms with Crippen molar-refractivity contribution in [1.29, 1.82) is 5.26 Å². The van der Waals surface area contributed by atoms with E-state index in [-0.39, 0.29) is 13.0 Å². The Balaban J connectivity index is 2.99. The molecule has 1 atom stereocenters. The van der Waals surface area contributed by atoms with Gasteiger partial charge < -0.3 is 4.74 Å². The monoisotopic (exact) mass is 228 g/mol. The molecule has 0 radical (unpaired) electrons. The molecule has 0 saturated heterocycles. The van der Waals surface area contributed by atoms with Gasteiger partial charge in [-0.05, 0) is 12.5 Å². The van der Waals surface area contributed by atoms with Gasteiger partial charge in [-0.25, -0.2) is 11.4 Å². The predicted octanol–water partition coefficient (Wildman–Crippen LogP) is 1.97. The molecule has 0 aliphatic rings. The third-order valence-corrected chi connectivity index (χ3v) is 2.29. The van der Waals surface area contributed by atoms with Crippen LogP contribution in [0.4, 0.5) is 0 Å². The molecule has 0 saturated carbocycles. The van der Waals surface area contributed by atoms with Gasteiger partial charge in [0, 0.05) is 0 Å². The average molecular weight is 228 g/mol. The fourth-order valence-electron chi connectivity index (χ4n) is 1.41. The van der Waals surface area contributed by atoms with Crippen LogP contribution in [-0.4, -0.2) is 18.1 Å². The third kappa shape index (κ3) is 2.83. The number of hydrogen-bond acceptors (Lipinski definition) is 3. The molecule has 0 heterocycles. The molecule has 1 rings (SSSR count). The number of rotatable bonds is 4. The van der Waals surface area contributed by atoms with Crippen LogP contribution in [-0.2, 0) is 16.0 Å². The van der Waals surface area contributed by atoms with Gasteiger partial charge >= 0.3 is 11.5 Å². The highest BCUT2D eigenvalue weighted by molar-refractivity contribution is 5.87. The van der Waals surface area contributed by atoms with E-state index >= 15 is 0 Å². The van der Waals surface area contributed by atoms with E-state index in [1.54, 1.807) is 37.3 Å². The lowest BCUT2D eigenvalue weighted by molar-refractivity contribution is -0.145. The Bertz CT molecular complexity index is 454. The van der Waals surface area contributed by atoms with Gasteiger partial charge in [0.25, 0.3) is 0 Å². The highest BCUT2D eigenvalue weighted by atomic mass is 16.5. The number of carbonyl (C=O) groups excluding carboxylic acids is 1. The van der Waals surface area contributed by atoms with Crippen LogP contribution < -0.4 is 0 Å². The van der Waals surface area contributed by atoms with E-state index in [4.69, 9.17) is 16.6 Å². The molecule has 0 amide bonds. The minimum absolute atomic E-state index is 0.0483. The molecule has 17 heavy (non-hydrogen) atoms. The van der Waals surface area contributed by atoms with Gasteiger partial charge in [-0.2, -0.15) is 5.26 Å². The number of nitrogens with zero attached hydrogens (tertiary/aromatic N) is 2. The van der Waals surface area contributed by atoms with E-state index in [2.05, 4.69) is 4.85 Å². The van der Waals surface area contributed by atoms with Gasteiger partial charge in [0.2, 0.25) is 0 Å². The van der Waals surface area contributed by atoms with Gasteiger partial charge in [-0.15, -0.1) is 0 Å². The minimum atomic E-state index is -1.77. The van der Waals surface area contributed by atoms with Crippen LogP contribution in [0, 0.1) is 17.9 Å². The number of benzene rings is 1. The lowest BCUT2D eigenvalue weighted by Gasteiger charge is -2.12. The summed E-state index contributed by atoms with van der Waals surface area (Å²) < 4.78 is 4.79. The van der Waals surface area contributed by atoms with E-state index in [1.807, 2.05) is 6.07 Å². The average Bonchev–Trinajstić information content (AvgIpc) is 2.37. The second kappa shape index (κ2) is 5.67. The molecule has 0 spiro atoms. The molecule has 86 valence electrons. The van der Waals surface area contributed by atoms with Crippen LogP contribution in [0.15, 0.2) is 30.3 Å². The second-order valence-electron chi connectivity index (χ2n) is 3.47. The van der Waals surface area contributed by atoms with E-state index in [1.165, 1.54) is 0 Å². The van der Waals surface area contributed by atoms with E-state index in [0.717, 1.165) is 5.56 Å². The smallest absolute Gasteiger partial charge is 0.413 e. The molecule has 0 aliphatic carbocycles. The first-order valence-corrected chi connectivity index (χ1v) is 5.19. The molecule has 0 aliphatic heterocycles. The summed E-state index contributed by atoms with van der Waals surface area (Å²) in [5, 5.41) is 9.07. The van der Waals surface area contributed by atoms with Crippen molar-refractivity contribution < 1.29 is 9.53 Å². The molecule has 1 aromatic rings. The Morgan fingerprint density at radius 2 is 2.18 bits per heavy atom. The lowest BCUT2D eigenvalue weighted by Crippen LogP contribution is -2.37. The maximum atomic E-state index is 11.7. The first kappa shape index (κ1) is 12.7. The number of ether oxygens (including phenoxy) is 1. The van der Waals surface area contributed by atoms with Crippen LogP contribution in [0.5, 0.6) is 0 Å². The summed E-state index contributed by atoms with van der Waals surface area (Å²) >= 11 is 0. The highest BCUT2D eigenvalue weighted by Gasteiger charge is 2.48. The number of hydrogen-bond donors (Lipinski definition) is 0. The van der Waals surface area contributed by atoms with Crippen molar-refractivity contribution in [2.24, 2.45) is 0 Å². The summed E-state index contributed by atoms with van der Waals surface area (Å²) in [5.74, 6) is -0.777. The quantitative estimate of drug-likeness (QED) is 0.584. The molecule has 0 N–H and O–H groups in total. The van der Waals surface area contributed by atoms with Crippen LogP contribution in [0.2, 0.25) is 0 Å². The maximum Gasteiger partial charge on any atom is 0.413 e. The van der Waals surface area contributed by atoms with Gasteiger partial charge in [0.1, 0.15) is 0 Å². The van der Waals surface area contributed by atoms with E-state index in [9.17, 15) is 4.79 Å². The zero-order valence-electron chi connectivity index (χ0n) is 9.51. The number of nitriles is 1. The van der Waals surface area contributed by atoms with Crippen LogP contribution in [0.1, 0.15) is 12.5 Å². The van der Waals surface area contributed by atoms with E-state index in [0.29, 0.717) is 0 Å². The standard InChI is InChI=1S/C13H12N2O2/c1-3-17-12(16)13(10-14,15-2)9-11-7-5-4-6-8-11/h4-8H,3,9H2,1H3. The summed E-state index contributed by atoms with van der Waals surface area (Å²) in [4.78, 5) is 14.8. The van der Waals surface area contributed by atoms with Crippen molar-refractivity contribution in [2.45, 2.75) is 18.9 Å². The molecule has 0 bridgehead atoms. The second-order valence-corrected chi connectivity index (χ2v) is 3.47. The molecule has 4 heteroatoms. The topological polar surface area (TPSA) is 54.5 Å². The normalized spacial score (nSPS) is 12.9. The van der Waals surface area contributed by atoms with Gasteiger partial charge in [0.15, 0.2) is 6.07 Å². The fraction of sp³-hybridized carbons (Fsp3) is 0.308. The fourth-order valence-corrected chi connectivity index (χ4v) is 1.41. The lowest BCUT2D eigenvalue weighted by atomic mass is 9.93. The first-order chi connectivity index (χ1) is 8.18. The van der Waals surface area contributed by atoms with Gasteiger partial charge in [-0.3, -0.25) is 4.85 Å². The minimum Gasteiger partial charge on any atom is -0.459 e. The van der Waals surface area contributed by atoms with Crippen LogP contribution >= 0.6 is 0 Å². The molecular weight excluding hydrogens is 216 g/mol. The maximum absolute atomic E-state index is 11.7. The van der Waals surface area contributed by atoms with Crippen LogP contribution in [0.25, 0.3) is 4.85 Å². The molecule has 0 fully saturated rings. The highest BCUT2D eigenvalue weighted by Crippen LogP contribution is 2.19. The van der Waals surface area contributed by atoms with E-state index < -0.39 is 11.5 Å². The Hall–Kier alpha value is -2.33. The third-order valence-electron chi connectivity index (χ3n) is 2.29. The van der Waals surface area contributed by atoms with Crippen molar-refractivity contribution in [1.82, 2.24) is 0 Å². The summed E-state index contributed by atoms with van der Waals surface area (Å²) in [6.07, 6.45) is 0.0483. The largest absolute Gasteiger partial charge is 0.459 e. The van der Waals surface area contributed by atoms with Crippen LogP contribution in [0.3, 0.4) is 0 Å². The Labute approximate surface area is 100 Å². The molecule has 1 aromatic carbocycles. The number of esters is 1. The summed E-state index contributed by atoms with van der Waals surface area (Å²) in [6, 6.07) is 10.7. The molecule has 0 aromatic heterocycles. The zero-order valence-corrected chi connectivity index (χ0v) is 9.51. The van der Waals surface area contributed by atoms with Gasteiger partial charge in [0.05, 0.1) is 13.0 Å². The van der Waals surface area contributed by atoms with Crippen molar-refractivity contribution in [2.75, 3.05) is 6.61 Å². The SMILES string of the molecule is [C-]#[N+]C(C#N)(Cc1ccccc1)C(=O)OCC. The van der Waals surface area contributed by atoms with Crippen molar-refractivity contribution in [3.8, 4) is 6.07 Å². The van der Waals surface area contributed by atoms with Crippen molar-refractivity contribution in [3.63, 3.8) is 0 Å². The predicted molar refractivity (Wildman–Crippen MR) is 61.7 cm³/mol. The summed E-state index contributed by atoms with van der Waals surface area (Å²) in [7, 11) is 0. The Morgan fingerprint density at radius 3 is 2.65 bits per heavy atom. The summed E-state index contributed by atoms with van der Waals surface area (Å²) in [5.41, 5.74) is -1.00.